The van der Waals surface area contributed by atoms with Gasteiger partial charge in [-0.15, -0.1) is 0 Å². The van der Waals surface area contributed by atoms with Crippen molar-refractivity contribution in [2.24, 2.45) is 29.2 Å². The van der Waals surface area contributed by atoms with E-state index in [4.69, 9.17) is 35.5 Å². The minimum atomic E-state index is -2.42. The molecule has 1 fully saturated rings. The molecular weight excluding hydrogens is 1210 g/mol. The van der Waals surface area contributed by atoms with Gasteiger partial charge in [0.1, 0.15) is 53.7 Å². The molecule has 3 aliphatic rings. The number of ether oxygens (including phenoxy) is 4. The Bertz CT molecular complexity index is 3210. The summed E-state index contributed by atoms with van der Waals surface area (Å²) in [7, 11) is 2.74. The quantitative estimate of drug-likeness (QED) is 0.0233. The maximum Gasteiger partial charge on any atom is 0.407 e. The number of phenols is 2. The lowest BCUT2D eigenvalue weighted by Crippen LogP contribution is -2.56. The molecule has 13 N–H and O–H groups in total. The summed E-state index contributed by atoms with van der Waals surface area (Å²) in [6.07, 6.45) is -6.26. The SMILES string of the molecule is CNC(=O)[C@H](CSCCCCC(=O)C[C@H](C(=O)N[C@@H](CCCCC(N)=O)C(=O)Cc1ccc(COC(=O)NC2CC(O[C@H]3C[C@](O)(C(=O)CO)Cc4c(O)c5c(c(O)c43)C(=O)c3c(OC)cccc3C5=O)OC(C)C2O)cc1)C(C)C)CC(=O)[C@H](N)CCC(=O)O. The number of unbranched alkanes of at least 4 members (excludes halogenated alkanes) is 2. The molecule has 4 amide bonds. The van der Waals surface area contributed by atoms with Crippen LogP contribution in [-0.2, 0) is 72.0 Å². The Labute approximate surface area is 530 Å². The first-order valence-corrected chi connectivity index (χ1v) is 31.4. The molecule has 0 radical (unpaired) electrons. The lowest BCUT2D eigenvalue weighted by molar-refractivity contribution is -0.249. The summed E-state index contributed by atoms with van der Waals surface area (Å²) in [6.45, 7) is 3.66. The number of methoxy groups -OCH3 is 1. The van der Waals surface area contributed by atoms with Crippen LogP contribution < -0.4 is 32.2 Å². The van der Waals surface area contributed by atoms with E-state index in [2.05, 4.69) is 16.0 Å². The Morgan fingerprint density at radius 1 is 0.846 bits per heavy atom. The monoisotopic (exact) mass is 1290 g/mol. The number of fused-ring (bicyclic) bond motifs is 3. The predicted molar refractivity (Wildman–Crippen MR) is 327 cm³/mol. The molecule has 496 valence electrons. The standard InChI is InChI=1S/C64H83N5O21S/c1-32(2)39(25-37(71)11-8-9-22-91-31-36(61(83)67-4)24-44(72)41(65)20-21-50(76)77)62(84)68-42(13-6-7-15-49(66)75)45(73)23-34-16-18-35(19-17-34)30-88-63(85)69-43-26-51(89-33(3)56(43)78)90-47-28-64(86,48(74)29-70)27-40-53(47)60(82)55-54(58(40)80)57(79)38-12-10-14-46(87-5)52(38)59(55)81/h10,12,14,16-19,32-33,36,39,41-43,47,51,56,70,78,80,82,86H,6-9,11,13,15,20-31,65H2,1-5H3,(H2,66,75)(H,67,83)(H,68,84)(H,69,85)(H,76,77)/t33?,36-,39-,41+,42-,43?,47-,51?,56?,64-/m0/s1. The largest absolute Gasteiger partial charge is 0.507 e. The van der Waals surface area contributed by atoms with Crippen LogP contribution in [0.3, 0.4) is 0 Å². The zero-order valence-corrected chi connectivity index (χ0v) is 52.4. The van der Waals surface area contributed by atoms with Crippen LogP contribution in [0.5, 0.6) is 17.2 Å². The van der Waals surface area contributed by atoms with E-state index in [1.165, 1.54) is 51.0 Å². The fraction of sp³-hybridized carbons (Fsp3) is 0.547. The summed E-state index contributed by atoms with van der Waals surface area (Å²) in [4.78, 5) is 143. The number of aliphatic hydroxyl groups excluding tert-OH is 2. The Hall–Kier alpha value is -7.66. The lowest BCUT2D eigenvalue weighted by atomic mass is 9.72. The van der Waals surface area contributed by atoms with Crippen molar-refractivity contribution in [1.82, 2.24) is 16.0 Å². The van der Waals surface area contributed by atoms with Crippen molar-refractivity contribution < 1.29 is 102 Å². The predicted octanol–water partition coefficient (Wildman–Crippen LogP) is 3.26. The number of carboxylic acids is 1. The van der Waals surface area contributed by atoms with Crippen LogP contribution in [0.1, 0.15) is 164 Å². The third-order valence-corrected chi connectivity index (χ3v) is 18.0. The minimum absolute atomic E-state index is 0.0186. The number of aromatic hydroxyl groups is 2. The van der Waals surface area contributed by atoms with E-state index in [9.17, 15) is 78.3 Å². The molecule has 3 aromatic rings. The van der Waals surface area contributed by atoms with E-state index in [-0.39, 0.29) is 116 Å². The first-order valence-electron chi connectivity index (χ1n) is 30.3. The van der Waals surface area contributed by atoms with Gasteiger partial charge in [-0.25, -0.2) is 4.79 Å². The minimum Gasteiger partial charge on any atom is -0.507 e. The molecule has 1 saturated heterocycles. The average Bonchev–Trinajstić information content (AvgIpc) is 0.717. The summed E-state index contributed by atoms with van der Waals surface area (Å²) in [6, 6.07) is 7.66. The second-order valence-corrected chi connectivity index (χ2v) is 24.9. The van der Waals surface area contributed by atoms with Crippen LogP contribution in [0.25, 0.3) is 0 Å². The van der Waals surface area contributed by atoms with Gasteiger partial charge < -0.3 is 77.0 Å². The number of phenolic OH excluding ortho intramolecular Hbond substituents is 2. The highest BCUT2D eigenvalue weighted by Gasteiger charge is 2.51. The van der Waals surface area contributed by atoms with E-state index < -0.39 is 149 Å². The maximum absolute atomic E-state index is 14.1. The third-order valence-electron chi connectivity index (χ3n) is 16.8. The molecule has 91 heavy (non-hydrogen) atoms. The third kappa shape index (κ3) is 18.8. The number of nitrogens with one attached hydrogen (secondary N) is 3. The van der Waals surface area contributed by atoms with Gasteiger partial charge in [-0.05, 0) is 67.9 Å². The fourth-order valence-electron chi connectivity index (χ4n) is 11.5. The molecule has 2 aliphatic carbocycles. The number of nitrogens with two attached hydrogens (primary N) is 2. The molecule has 27 heteroatoms. The van der Waals surface area contributed by atoms with E-state index in [1.54, 1.807) is 38.1 Å². The molecule has 0 aromatic heterocycles. The molecule has 0 saturated carbocycles. The smallest absolute Gasteiger partial charge is 0.407 e. The van der Waals surface area contributed by atoms with Crippen molar-refractivity contribution in [3.05, 3.63) is 87.0 Å². The van der Waals surface area contributed by atoms with Gasteiger partial charge in [-0.1, -0.05) is 56.7 Å². The summed E-state index contributed by atoms with van der Waals surface area (Å²) >= 11 is 1.43. The van der Waals surface area contributed by atoms with E-state index in [1.807, 2.05) is 0 Å². The summed E-state index contributed by atoms with van der Waals surface area (Å²) in [5, 5.41) is 73.3. The Morgan fingerprint density at radius 3 is 2.18 bits per heavy atom. The van der Waals surface area contributed by atoms with Crippen LogP contribution >= 0.6 is 11.8 Å². The molecule has 26 nitrogen and oxygen atoms in total. The Kier molecular flexibility index (Phi) is 26.3. The number of benzene rings is 3. The van der Waals surface area contributed by atoms with Gasteiger partial charge in [-0.2, -0.15) is 11.8 Å². The van der Waals surface area contributed by atoms with E-state index >= 15 is 0 Å². The van der Waals surface area contributed by atoms with Crippen LogP contribution in [0.2, 0.25) is 0 Å². The fourth-order valence-corrected chi connectivity index (χ4v) is 12.6. The number of ketones is 6. The van der Waals surface area contributed by atoms with Crippen LogP contribution in [0.4, 0.5) is 4.79 Å². The number of carboxylic acid groups (broad SMARTS) is 1. The molecule has 0 bridgehead atoms. The number of thioether (sulfide) groups is 1. The van der Waals surface area contributed by atoms with E-state index in [0.29, 0.717) is 48.3 Å². The number of aliphatic carboxylic acids is 1. The zero-order valence-electron chi connectivity index (χ0n) is 51.6. The molecule has 3 aromatic carbocycles. The van der Waals surface area contributed by atoms with Crippen LogP contribution in [0, 0.1) is 17.8 Å². The molecule has 6 rings (SSSR count). The van der Waals surface area contributed by atoms with Crippen LogP contribution in [-0.4, -0.2) is 170 Å². The second-order valence-electron chi connectivity index (χ2n) is 23.7. The number of Topliss-reactive ketones (excluding diaryl/α,β-unsaturated/α-hetero) is 4. The summed E-state index contributed by atoms with van der Waals surface area (Å²) < 4.78 is 23.1. The van der Waals surface area contributed by atoms with Crippen LogP contribution in [0.15, 0.2) is 42.5 Å². The number of alkyl carbamates (subject to hydrolysis) is 1. The highest BCUT2D eigenvalue weighted by atomic mass is 32.2. The Balaban J connectivity index is 1.03. The van der Waals surface area contributed by atoms with Gasteiger partial charge in [0.2, 0.25) is 23.5 Å². The van der Waals surface area contributed by atoms with Crippen molar-refractivity contribution >= 4 is 76.2 Å². The number of primary amides is 1. The number of rotatable bonds is 35. The molecule has 1 aliphatic heterocycles. The first kappa shape index (κ1) is 72.4. The number of amides is 4. The second kappa shape index (κ2) is 33.1. The number of hydrogen-bond acceptors (Lipinski definition) is 22. The average molecular weight is 1290 g/mol. The topological polar surface area (TPSA) is 434 Å². The molecular formula is C64H83N5O21S. The van der Waals surface area contributed by atoms with Gasteiger partial charge in [0, 0.05) is 93.2 Å². The van der Waals surface area contributed by atoms with Gasteiger partial charge in [0.15, 0.2) is 23.6 Å². The first-order chi connectivity index (χ1) is 43.1. The lowest BCUT2D eigenvalue weighted by Gasteiger charge is -2.42. The van der Waals surface area contributed by atoms with Crippen molar-refractivity contribution in [2.45, 2.75) is 172 Å². The summed E-state index contributed by atoms with van der Waals surface area (Å²) in [5.41, 5.74) is 7.82. The summed E-state index contributed by atoms with van der Waals surface area (Å²) in [5.74, 6) is -8.51. The molecule has 1 heterocycles. The van der Waals surface area contributed by atoms with Crippen molar-refractivity contribution in [2.75, 3.05) is 32.3 Å². The van der Waals surface area contributed by atoms with Gasteiger partial charge in [0.05, 0.1) is 60.1 Å². The number of carbonyl (C=O) groups is 11. The number of aliphatic hydroxyl groups is 3. The van der Waals surface area contributed by atoms with Crippen molar-refractivity contribution in [3.63, 3.8) is 0 Å². The van der Waals surface area contributed by atoms with Gasteiger partial charge >= 0.3 is 12.1 Å². The number of hydrogen-bond donors (Lipinski definition) is 11. The Morgan fingerprint density at radius 2 is 1.53 bits per heavy atom. The van der Waals surface area contributed by atoms with Crippen molar-refractivity contribution in [3.8, 4) is 17.2 Å². The zero-order chi connectivity index (χ0) is 67.0. The van der Waals surface area contributed by atoms with E-state index in [0.717, 1.165) is 0 Å². The molecule has 4 unspecified atom stereocenters. The van der Waals surface area contributed by atoms with Gasteiger partial charge in [0.25, 0.3) is 0 Å². The van der Waals surface area contributed by atoms with Gasteiger partial charge in [-0.3, -0.25) is 47.9 Å². The molecule has 10 atom stereocenters. The normalized spacial score (nSPS) is 20.6. The highest BCUT2D eigenvalue weighted by Crippen LogP contribution is 2.52. The maximum atomic E-state index is 14.1. The number of carbonyl (C=O) groups excluding carboxylic acids is 10. The highest BCUT2D eigenvalue weighted by molar-refractivity contribution is 7.99. The van der Waals surface area contributed by atoms with Crippen molar-refractivity contribution in [1.29, 1.82) is 0 Å². The molecule has 0 spiro atoms.